The molecular formula is C11H17NO7. The molecule has 0 spiro atoms. The SMILES string of the molecule is CC(C)CC(N)C(=O)OC(CC(=O)O)C(=O)C(=O)O. The van der Waals surface area contributed by atoms with Crippen molar-refractivity contribution in [2.24, 2.45) is 11.7 Å². The lowest BCUT2D eigenvalue weighted by atomic mass is 10.0. The number of carbonyl (C=O) groups excluding carboxylic acids is 2. The molecule has 8 nitrogen and oxygen atoms in total. The molecule has 0 aliphatic heterocycles. The molecule has 0 aromatic carbocycles. The van der Waals surface area contributed by atoms with Gasteiger partial charge < -0.3 is 20.7 Å². The van der Waals surface area contributed by atoms with Gasteiger partial charge >= 0.3 is 17.9 Å². The number of ketones is 1. The zero-order chi connectivity index (χ0) is 15.2. The van der Waals surface area contributed by atoms with Gasteiger partial charge in [-0.05, 0) is 12.3 Å². The number of hydrogen-bond donors (Lipinski definition) is 3. The monoisotopic (exact) mass is 275 g/mol. The first-order chi connectivity index (χ1) is 8.65. The van der Waals surface area contributed by atoms with Crippen LogP contribution in [0.15, 0.2) is 0 Å². The third kappa shape index (κ3) is 6.51. The Morgan fingerprint density at radius 2 is 1.68 bits per heavy atom. The molecule has 0 aliphatic rings. The van der Waals surface area contributed by atoms with Crippen molar-refractivity contribution in [2.75, 3.05) is 0 Å². The Morgan fingerprint density at radius 1 is 1.16 bits per heavy atom. The number of carboxylic acid groups (broad SMARTS) is 2. The molecule has 2 atom stereocenters. The highest BCUT2D eigenvalue weighted by Gasteiger charge is 2.32. The summed E-state index contributed by atoms with van der Waals surface area (Å²) in [5.74, 6) is -5.71. The zero-order valence-corrected chi connectivity index (χ0v) is 10.7. The van der Waals surface area contributed by atoms with E-state index in [-0.39, 0.29) is 12.3 Å². The molecule has 2 unspecified atom stereocenters. The molecule has 108 valence electrons. The van der Waals surface area contributed by atoms with Gasteiger partial charge in [0.05, 0.1) is 6.42 Å². The van der Waals surface area contributed by atoms with Gasteiger partial charge in [0, 0.05) is 0 Å². The van der Waals surface area contributed by atoms with Gasteiger partial charge in [0.25, 0.3) is 5.78 Å². The highest BCUT2D eigenvalue weighted by atomic mass is 16.6. The van der Waals surface area contributed by atoms with Crippen LogP contribution in [0.3, 0.4) is 0 Å². The summed E-state index contributed by atoms with van der Waals surface area (Å²) in [6, 6.07) is -1.03. The summed E-state index contributed by atoms with van der Waals surface area (Å²) in [7, 11) is 0. The minimum absolute atomic E-state index is 0.0932. The van der Waals surface area contributed by atoms with Crippen molar-refractivity contribution in [2.45, 2.75) is 38.8 Å². The molecule has 0 rings (SSSR count). The molecule has 0 aromatic heterocycles. The number of nitrogens with two attached hydrogens (primary N) is 1. The van der Waals surface area contributed by atoms with Crippen LogP contribution < -0.4 is 5.73 Å². The maximum atomic E-state index is 11.5. The fourth-order valence-corrected chi connectivity index (χ4v) is 1.32. The van der Waals surface area contributed by atoms with E-state index in [1.807, 2.05) is 13.8 Å². The highest BCUT2D eigenvalue weighted by molar-refractivity contribution is 6.35. The molecule has 19 heavy (non-hydrogen) atoms. The number of rotatable bonds is 8. The van der Waals surface area contributed by atoms with Gasteiger partial charge in [0.2, 0.25) is 0 Å². The van der Waals surface area contributed by atoms with Crippen LogP contribution >= 0.6 is 0 Å². The smallest absolute Gasteiger partial charge is 0.376 e. The van der Waals surface area contributed by atoms with Crippen molar-refractivity contribution >= 4 is 23.7 Å². The molecule has 0 heterocycles. The van der Waals surface area contributed by atoms with Gasteiger partial charge in [0.1, 0.15) is 6.04 Å². The first-order valence-electron chi connectivity index (χ1n) is 5.60. The van der Waals surface area contributed by atoms with Gasteiger partial charge in [-0.2, -0.15) is 0 Å². The van der Waals surface area contributed by atoms with E-state index in [4.69, 9.17) is 15.9 Å². The fraction of sp³-hybridized carbons (Fsp3) is 0.636. The summed E-state index contributed by atoms with van der Waals surface area (Å²) < 4.78 is 4.57. The van der Waals surface area contributed by atoms with Crippen LogP contribution in [-0.2, 0) is 23.9 Å². The molecular weight excluding hydrogens is 258 g/mol. The maximum Gasteiger partial charge on any atom is 0.376 e. The van der Waals surface area contributed by atoms with E-state index in [9.17, 15) is 19.2 Å². The molecule has 0 radical (unpaired) electrons. The molecule has 8 heteroatoms. The van der Waals surface area contributed by atoms with Crippen LogP contribution in [0.2, 0.25) is 0 Å². The molecule has 0 aliphatic carbocycles. The third-order valence-corrected chi connectivity index (χ3v) is 2.15. The Hall–Kier alpha value is -1.96. The van der Waals surface area contributed by atoms with Crippen LogP contribution in [0.4, 0.5) is 0 Å². The fourth-order valence-electron chi connectivity index (χ4n) is 1.32. The maximum absolute atomic E-state index is 11.5. The Labute approximate surface area is 109 Å². The standard InChI is InChI=1S/C11H17NO7/c1-5(2)3-6(12)11(18)19-7(4-8(13)14)9(15)10(16)17/h5-7H,3-4,12H2,1-2H3,(H,13,14)(H,16,17). The van der Waals surface area contributed by atoms with E-state index in [1.165, 1.54) is 0 Å². The van der Waals surface area contributed by atoms with Gasteiger partial charge in [-0.3, -0.25) is 14.4 Å². The van der Waals surface area contributed by atoms with Crippen LogP contribution in [0, 0.1) is 5.92 Å². The lowest BCUT2D eigenvalue weighted by molar-refractivity contribution is -0.165. The predicted octanol–water partition coefficient (Wildman–Crippen LogP) is -0.600. The largest absolute Gasteiger partial charge is 0.481 e. The van der Waals surface area contributed by atoms with Crippen molar-refractivity contribution in [1.82, 2.24) is 0 Å². The Bertz CT molecular complexity index is 377. The molecule has 0 bridgehead atoms. The second-order valence-corrected chi connectivity index (χ2v) is 4.43. The van der Waals surface area contributed by atoms with E-state index in [1.54, 1.807) is 0 Å². The van der Waals surface area contributed by atoms with Crippen molar-refractivity contribution in [3.63, 3.8) is 0 Å². The Kier molecular flexibility index (Phi) is 6.70. The molecule has 0 aromatic rings. The van der Waals surface area contributed by atoms with Gasteiger partial charge in [-0.25, -0.2) is 4.79 Å². The van der Waals surface area contributed by atoms with E-state index < -0.39 is 42.3 Å². The van der Waals surface area contributed by atoms with E-state index >= 15 is 0 Å². The minimum Gasteiger partial charge on any atom is -0.481 e. The topological polar surface area (TPSA) is 144 Å². The minimum atomic E-state index is -1.86. The summed E-state index contributed by atoms with van der Waals surface area (Å²) >= 11 is 0. The average Bonchev–Trinajstić information content (AvgIpc) is 2.25. The van der Waals surface area contributed by atoms with Crippen molar-refractivity contribution in [3.05, 3.63) is 0 Å². The van der Waals surface area contributed by atoms with Gasteiger partial charge in [-0.1, -0.05) is 13.8 Å². The zero-order valence-electron chi connectivity index (χ0n) is 10.7. The van der Waals surface area contributed by atoms with Crippen molar-refractivity contribution in [1.29, 1.82) is 0 Å². The van der Waals surface area contributed by atoms with E-state index in [0.717, 1.165) is 0 Å². The highest BCUT2D eigenvalue weighted by Crippen LogP contribution is 2.08. The van der Waals surface area contributed by atoms with Crippen LogP contribution in [0.5, 0.6) is 0 Å². The molecule has 4 N–H and O–H groups in total. The second-order valence-electron chi connectivity index (χ2n) is 4.43. The molecule has 0 saturated heterocycles. The average molecular weight is 275 g/mol. The van der Waals surface area contributed by atoms with Gasteiger partial charge in [0.15, 0.2) is 6.10 Å². The van der Waals surface area contributed by atoms with Gasteiger partial charge in [-0.15, -0.1) is 0 Å². The van der Waals surface area contributed by atoms with Crippen molar-refractivity contribution in [3.8, 4) is 0 Å². The van der Waals surface area contributed by atoms with Crippen LogP contribution in [0.1, 0.15) is 26.7 Å². The number of carboxylic acids is 2. The molecule has 0 saturated carbocycles. The number of Topliss-reactive ketones (excluding diaryl/α,β-unsaturated/α-hetero) is 1. The first kappa shape index (κ1) is 17.0. The molecule has 0 fully saturated rings. The Balaban J connectivity index is 4.72. The number of ether oxygens (including phenoxy) is 1. The summed E-state index contributed by atoms with van der Waals surface area (Å²) in [5.41, 5.74) is 5.49. The Morgan fingerprint density at radius 3 is 2.05 bits per heavy atom. The summed E-state index contributed by atoms with van der Waals surface area (Å²) in [5, 5.41) is 17.0. The lowest BCUT2D eigenvalue weighted by Crippen LogP contribution is -2.41. The quantitative estimate of drug-likeness (QED) is 0.393. The van der Waals surface area contributed by atoms with E-state index in [2.05, 4.69) is 4.74 Å². The van der Waals surface area contributed by atoms with Crippen molar-refractivity contribution < 1.29 is 34.1 Å². The number of esters is 1. The normalized spacial score (nSPS) is 13.7. The van der Waals surface area contributed by atoms with Crippen LogP contribution in [0.25, 0.3) is 0 Å². The van der Waals surface area contributed by atoms with Crippen LogP contribution in [-0.4, -0.2) is 46.1 Å². The number of hydrogen-bond acceptors (Lipinski definition) is 6. The predicted molar refractivity (Wildman–Crippen MR) is 62.2 cm³/mol. The summed E-state index contributed by atoms with van der Waals surface area (Å²) in [6.07, 6.45) is -2.49. The summed E-state index contributed by atoms with van der Waals surface area (Å²) in [4.78, 5) is 43.7. The van der Waals surface area contributed by atoms with E-state index in [0.29, 0.717) is 0 Å². The number of aliphatic carboxylic acids is 2. The lowest BCUT2D eigenvalue weighted by Gasteiger charge is -2.17. The second kappa shape index (κ2) is 7.47. The number of carbonyl (C=O) groups is 4. The molecule has 0 amide bonds. The first-order valence-corrected chi connectivity index (χ1v) is 5.60. The summed E-state index contributed by atoms with van der Waals surface area (Å²) in [6.45, 7) is 3.62. The third-order valence-electron chi connectivity index (χ3n) is 2.15.